The standard InChI is InChI=1S/C64H71BN2O/c1-36-28-37(58(2,3)4)22-23-50(36)67-51-33-41-40-31-46-47(61(10,11)27-26-60(46,8)9)35-45(40)62(12,13)44(41)32-43(51)54-55-52(34-42-39-20-16-17-21-53(39)68-57(42)54)66-56-48(63(14)24-18-19-25-64(63,66)15)29-38(59(5,6)7)30-49(56)65(55)67/h16-17,20-23,28-35H,18-19,24-27H2,1-15H3. The molecule has 0 bridgehead atoms. The van der Waals surface area contributed by atoms with Crippen molar-refractivity contribution in [3.8, 4) is 22.3 Å². The second kappa shape index (κ2) is 12.9. The molecule has 1 saturated carbocycles. The van der Waals surface area contributed by atoms with Gasteiger partial charge in [-0.05, 0) is 164 Å². The van der Waals surface area contributed by atoms with Crippen LogP contribution in [0, 0.1) is 6.92 Å². The van der Waals surface area contributed by atoms with Crippen molar-refractivity contribution >= 4 is 62.5 Å². The van der Waals surface area contributed by atoms with E-state index in [-0.39, 0.29) is 44.9 Å². The van der Waals surface area contributed by atoms with E-state index < -0.39 is 0 Å². The number of rotatable bonds is 1. The molecule has 6 aliphatic rings. The van der Waals surface area contributed by atoms with Gasteiger partial charge in [0.05, 0.1) is 5.54 Å². The molecule has 3 aliphatic heterocycles. The summed E-state index contributed by atoms with van der Waals surface area (Å²) in [5.41, 5.74) is 27.2. The largest absolute Gasteiger partial charge is 0.455 e. The Morgan fingerprint density at radius 3 is 1.91 bits per heavy atom. The summed E-state index contributed by atoms with van der Waals surface area (Å²) in [7, 11) is 0. The number of fused-ring (bicyclic) bond motifs is 15. The van der Waals surface area contributed by atoms with Gasteiger partial charge < -0.3 is 14.1 Å². The third kappa shape index (κ3) is 5.23. The van der Waals surface area contributed by atoms with E-state index in [1.54, 1.807) is 11.1 Å². The zero-order chi connectivity index (χ0) is 47.8. The summed E-state index contributed by atoms with van der Waals surface area (Å²) in [6.07, 6.45) is 7.27. The van der Waals surface area contributed by atoms with E-state index in [1.807, 2.05) is 0 Å². The summed E-state index contributed by atoms with van der Waals surface area (Å²) in [4.78, 5) is 5.72. The van der Waals surface area contributed by atoms with Gasteiger partial charge in [-0.3, -0.25) is 0 Å². The lowest BCUT2D eigenvalue weighted by Gasteiger charge is -2.53. The van der Waals surface area contributed by atoms with E-state index in [0.29, 0.717) is 0 Å². The van der Waals surface area contributed by atoms with Crippen LogP contribution in [0.1, 0.15) is 180 Å². The van der Waals surface area contributed by atoms with Gasteiger partial charge >= 0.3 is 6.85 Å². The van der Waals surface area contributed by atoms with Gasteiger partial charge in [-0.2, -0.15) is 0 Å². The fraction of sp³-hybridized carbons (Fsp3) is 0.438. The van der Waals surface area contributed by atoms with E-state index in [2.05, 4.69) is 198 Å². The monoisotopic (exact) mass is 895 g/mol. The van der Waals surface area contributed by atoms with Crippen molar-refractivity contribution in [2.24, 2.45) is 0 Å². The first-order valence-corrected chi connectivity index (χ1v) is 26.1. The van der Waals surface area contributed by atoms with Crippen LogP contribution in [0.5, 0.6) is 0 Å². The van der Waals surface area contributed by atoms with Crippen molar-refractivity contribution in [2.45, 2.75) is 180 Å². The van der Waals surface area contributed by atoms with Crippen LogP contribution < -0.4 is 20.6 Å². The quantitative estimate of drug-likeness (QED) is 0.153. The highest BCUT2D eigenvalue weighted by atomic mass is 16.3. The molecule has 2 atom stereocenters. The topological polar surface area (TPSA) is 19.6 Å². The van der Waals surface area contributed by atoms with Crippen molar-refractivity contribution in [1.82, 2.24) is 0 Å². The Hall–Kier alpha value is -5.22. The molecule has 1 aromatic heterocycles. The molecule has 0 radical (unpaired) electrons. The van der Waals surface area contributed by atoms with Gasteiger partial charge in [0.15, 0.2) is 0 Å². The van der Waals surface area contributed by atoms with Crippen LogP contribution in [-0.4, -0.2) is 12.4 Å². The molecule has 346 valence electrons. The number of benzene rings is 6. The molecule has 68 heavy (non-hydrogen) atoms. The van der Waals surface area contributed by atoms with Gasteiger partial charge in [0.25, 0.3) is 0 Å². The van der Waals surface area contributed by atoms with Crippen LogP contribution >= 0.6 is 0 Å². The van der Waals surface area contributed by atoms with Gasteiger partial charge in [0.2, 0.25) is 0 Å². The molecule has 2 unspecified atom stereocenters. The van der Waals surface area contributed by atoms with Gasteiger partial charge in [0.1, 0.15) is 11.2 Å². The fourth-order valence-corrected chi connectivity index (χ4v) is 14.9. The third-order valence-electron chi connectivity index (χ3n) is 19.5. The van der Waals surface area contributed by atoms with E-state index in [0.717, 1.165) is 17.6 Å². The molecule has 0 saturated heterocycles. The maximum Gasteiger partial charge on any atom is 0.333 e. The Morgan fingerprint density at radius 1 is 0.559 bits per heavy atom. The summed E-state index contributed by atoms with van der Waals surface area (Å²) < 4.78 is 7.31. The summed E-state index contributed by atoms with van der Waals surface area (Å²) in [6, 6.07) is 34.6. The molecule has 4 heteroatoms. The fourth-order valence-electron chi connectivity index (χ4n) is 14.9. The first kappa shape index (κ1) is 42.9. The summed E-state index contributed by atoms with van der Waals surface area (Å²) in [5.74, 6) is 0. The van der Waals surface area contributed by atoms with Crippen molar-refractivity contribution in [2.75, 3.05) is 9.71 Å². The lowest BCUT2D eigenvalue weighted by Crippen LogP contribution is -2.64. The van der Waals surface area contributed by atoms with Gasteiger partial charge in [0, 0.05) is 55.5 Å². The van der Waals surface area contributed by atoms with Gasteiger partial charge in [-0.15, -0.1) is 0 Å². The molecule has 6 aromatic carbocycles. The molecule has 3 nitrogen and oxygen atoms in total. The first-order chi connectivity index (χ1) is 31.9. The van der Waals surface area contributed by atoms with Crippen LogP contribution in [0.4, 0.5) is 22.7 Å². The minimum Gasteiger partial charge on any atom is -0.455 e. The van der Waals surface area contributed by atoms with E-state index in [9.17, 15) is 0 Å². The Bertz CT molecular complexity index is 3420. The second-order valence-corrected chi connectivity index (χ2v) is 26.8. The Balaban J connectivity index is 1.21. The molecule has 0 N–H and O–H groups in total. The Morgan fingerprint density at radius 2 is 1.21 bits per heavy atom. The smallest absolute Gasteiger partial charge is 0.333 e. The molecular weight excluding hydrogens is 824 g/mol. The first-order valence-electron chi connectivity index (χ1n) is 26.1. The average Bonchev–Trinajstić information content (AvgIpc) is 3.83. The number of para-hydroxylation sites is 1. The van der Waals surface area contributed by atoms with Crippen LogP contribution in [0.3, 0.4) is 0 Å². The number of nitrogens with zero attached hydrogens (tertiary/aromatic N) is 2. The molecule has 1 fully saturated rings. The van der Waals surface area contributed by atoms with Crippen molar-refractivity contribution < 1.29 is 4.42 Å². The number of anilines is 4. The van der Waals surface area contributed by atoms with Crippen molar-refractivity contribution in [3.05, 3.63) is 129 Å². The predicted molar refractivity (Wildman–Crippen MR) is 291 cm³/mol. The van der Waals surface area contributed by atoms with Gasteiger partial charge in [-0.1, -0.05) is 151 Å². The van der Waals surface area contributed by atoms with E-state index >= 15 is 0 Å². The highest BCUT2D eigenvalue weighted by Gasteiger charge is 2.62. The van der Waals surface area contributed by atoms with Crippen LogP contribution in [-0.2, 0) is 32.5 Å². The molecule has 0 amide bonds. The number of hydrogen-bond donors (Lipinski definition) is 0. The second-order valence-electron chi connectivity index (χ2n) is 26.8. The molecule has 0 spiro atoms. The Labute approximate surface area is 406 Å². The molecule has 7 aromatic rings. The lowest BCUT2D eigenvalue weighted by molar-refractivity contribution is 0.195. The van der Waals surface area contributed by atoms with Gasteiger partial charge in [-0.25, -0.2) is 0 Å². The third-order valence-corrected chi connectivity index (χ3v) is 19.5. The van der Waals surface area contributed by atoms with Crippen molar-refractivity contribution in [3.63, 3.8) is 0 Å². The van der Waals surface area contributed by atoms with Crippen LogP contribution in [0.15, 0.2) is 89.3 Å². The highest BCUT2D eigenvalue weighted by molar-refractivity contribution is 6.94. The van der Waals surface area contributed by atoms with Crippen LogP contribution in [0.25, 0.3) is 44.2 Å². The van der Waals surface area contributed by atoms with E-state index in [1.165, 1.54) is 132 Å². The minimum absolute atomic E-state index is 0.0112. The lowest BCUT2D eigenvalue weighted by atomic mass is 9.42. The maximum absolute atomic E-state index is 7.31. The zero-order valence-corrected chi connectivity index (χ0v) is 43.7. The molecule has 13 rings (SSSR count). The normalized spacial score (nSPS) is 23.2. The molecule has 4 heterocycles. The Kier molecular flexibility index (Phi) is 8.16. The molecular formula is C64H71BN2O. The summed E-state index contributed by atoms with van der Waals surface area (Å²) >= 11 is 0. The maximum atomic E-state index is 7.31. The zero-order valence-electron chi connectivity index (χ0n) is 43.7. The van der Waals surface area contributed by atoms with Crippen molar-refractivity contribution in [1.29, 1.82) is 0 Å². The summed E-state index contributed by atoms with van der Waals surface area (Å²) in [6.45, 7) is 36.7. The highest BCUT2D eigenvalue weighted by Crippen LogP contribution is 2.64. The predicted octanol–water partition coefficient (Wildman–Crippen LogP) is 16.1. The average molecular weight is 895 g/mol. The SMILES string of the molecule is Cc1cc(C(C)(C)C)ccc1N1B2c3cc(C(C)(C)C)cc4c3N(c3cc5c(oc6ccccc65)c(c32)-c2cc3c(cc21)-c1cc2c(cc1C3(C)C)C(C)(C)CCC2(C)C)C1(C)CCCCC41C. The molecule has 3 aliphatic carbocycles. The number of furan rings is 1. The van der Waals surface area contributed by atoms with Crippen LogP contribution in [0.2, 0.25) is 0 Å². The van der Waals surface area contributed by atoms with E-state index in [4.69, 9.17) is 4.42 Å². The number of aryl methyl sites for hydroxylation is 1. The minimum atomic E-state index is -0.199. The summed E-state index contributed by atoms with van der Waals surface area (Å²) in [5, 5.41) is 2.42. The number of hydrogen-bond acceptors (Lipinski definition) is 3.